The molecule has 0 aromatic heterocycles. The number of hydrogen-bond donors (Lipinski definition) is 0. The standard InChI is InChI=1S/C12H12N2/c1-10-5-4-6-12(11(10)9-13)14-7-2-3-8-14/h2-6H,7-8H2,1H3. The van der Waals surface area contributed by atoms with Crippen LogP contribution in [0.1, 0.15) is 11.1 Å². The van der Waals surface area contributed by atoms with Gasteiger partial charge in [-0.3, -0.25) is 0 Å². The average molecular weight is 184 g/mol. The molecule has 0 bridgehead atoms. The summed E-state index contributed by atoms with van der Waals surface area (Å²) in [6, 6.07) is 8.27. The van der Waals surface area contributed by atoms with E-state index in [0.717, 1.165) is 29.9 Å². The van der Waals surface area contributed by atoms with Crippen molar-refractivity contribution in [1.29, 1.82) is 5.26 Å². The molecule has 2 nitrogen and oxygen atoms in total. The van der Waals surface area contributed by atoms with Crippen LogP contribution in [0.4, 0.5) is 5.69 Å². The van der Waals surface area contributed by atoms with E-state index >= 15 is 0 Å². The lowest BCUT2D eigenvalue weighted by Gasteiger charge is -2.19. The average Bonchev–Trinajstić information content (AvgIpc) is 2.70. The Morgan fingerprint density at radius 1 is 1.29 bits per heavy atom. The van der Waals surface area contributed by atoms with Gasteiger partial charge in [-0.05, 0) is 18.6 Å². The third-order valence-electron chi connectivity index (χ3n) is 2.52. The van der Waals surface area contributed by atoms with E-state index in [9.17, 15) is 0 Å². The van der Waals surface area contributed by atoms with Gasteiger partial charge in [0.05, 0.1) is 11.3 Å². The molecule has 0 saturated heterocycles. The Morgan fingerprint density at radius 2 is 2.00 bits per heavy atom. The zero-order valence-corrected chi connectivity index (χ0v) is 8.20. The molecular weight excluding hydrogens is 172 g/mol. The molecule has 0 saturated carbocycles. The van der Waals surface area contributed by atoms with Crippen molar-refractivity contribution in [3.05, 3.63) is 41.5 Å². The van der Waals surface area contributed by atoms with Crippen molar-refractivity contribution in [3.8, 4) is 6.07 Å². The van der Waals surface area contributed by atoms with E-state index in [-0.39, 0.29) is 0 Å². The Morgan fingerprint density at radius 3 is 2.64 bits per heavy atom. The first kappa shape index (κ1) is 8.83. The molecule has 2 rings (SSSR count). The SMILES string of the molecule is Cc1cccc(N2CC=CC2)c1C#N. The number of nitriles is 1. The highest BCUT2D eigenvalue weighted by atomic mass is 15.1. The van der Waals surface area contributed by atoms with Crippen LogP contribution in [-0.2, 0) is 0 Å². The molecule has 0 N–H and O–H groups in total. The summed E-state index contributed by atoms with van der Waals surface area (Å²) in [5, 5.41) is 9.06. The topological polar surface area (TPSA) is 27.0 Å². The summed E-state index contributed by atoms with van der Waals surface area (Å²) in [5.74, 6) is 0. The molecule has 0 radical (unpaired) electrons. The minimum atomic E-state index is 0.802. The Bertz CT molecular complexity index is 405. The van der Waals surface area contributed by atoms with Crippen molar-refractivity contribution in [3.63, 3.8) is 0 Å². The van der Waals surface area contributed by atoms with Crippen LogP contribution in [0.25, 0.3) is 0 Å². The fourth-order valence-electron chi connectivity index (χ4n) is 1.74. The second kappa shape index (κ2) is 3.55. The van der Waals surface area contributed by atoms with Gasteiger partial charge in [0.1, 0.15) is 6.07 Å². The summed E-state index contributed by atoms with van der Waals surface area (Å²) in [6.45, 7) is 3.81. The number of hydrogen-bond acceptors (Lipinski definition) is 2. The number of anilines is 1. The highest BCUT2D eigenvalue weighted by molar-refractivity contribution is 5.63. The van der Waals surface area contributed by atoms with Crippen molar-refractivity contribution in [2.45, 2.75) is 6.92 Å². The van der Waals surface area contributed by atoms with Gasteiger partial charge in [0.15, 0.2) is 0 Å². The highest BCUT2D eigenvalue weighted by Crippen LogP contribution is 2.24. The normalized spacial score (nSPS) is 14.4. The largest absolute Gasteiger partial charge is 0.363 e. The molecular formula is C12H12N2. The number of rotatable bonds is 1. The maximum absolute atomic E-state index is 9.06. The second-order valence-corrected chi connectivity index (χ2v) is 3.46. The maximum atomic E-state index is 9.06. The molecule has 70 valence electrons. The zero-order chi connectivity index (χ0) is 9.97. The summed E-state index contributed by atoms with van der Waals surface area (Å²) in [4.78, 5) is 2.20. The lowest BCUT2D eigenvalue weighted by Crippen LogP contribution is -2.19. The Hall–Kier alpha value is -1.75. The molecule has 2 heteroatoms. The van der Waals surface area contributed by atoms with E-state index in [4.69, 9.17) is 5.26 Å². The maximum Gasteiger partial charge on any atom is 0.102 e. The number of nitrogens with zero attached hydrogens (tertiary/aromatic N) is 2. The molecule has 0 fully saturated rings. The second-order valence-electron chi connectivity index (χ2n) is 3.46. The molecule has 1 aromatic carbocycles. The molecule has 0 amide bonds. The summed E-state index contributed by atoms with van der Waals surface area (Å²) < 4.78 is 0. The molecule has 1 heterocycles. The van der Waals surface area contributed by atoms with E-state index in [2.05, 4.69) is 23.1 Å². The first-order valence-corrected chi connectivity index (χ1v) is 4.72. The summed E-state index contributed by atoms with van der Waals surface area (Å²) in [6.07, 6.45) is 4.26. The van der Waals surface area contributed by atoms with Gasteiger partial charge in [0.2, 0.25) is 0 Å². The fourth-order valence-corrected chi connectivity index (χ4v) is 1.74. The first-order chi connectivity index (χ1) is 6.83. The lowest BCUT2D eigenvalue weighted by molar-refractivity contribution is 1.00. The van der Waals surface area contributed by atoms with Crippen molar-refractivity contribution in [2.24, 2.45) is 0 Å². The van der Waals surface area contributed by atoms with Crippen molar-refractivity contribution in [1.82, 2.24) is 0 Å². The molecule has 1 aliphatic rings. The third-order valence-corrected chi connectivity index (χ3v) is 2.52. The van der Waals surface area contributed by atoms with Crippen molar-refractivity contribution >= 4 is 5.69 Å². The smallest absolute Gasteiger partial charge is 0.102 e. The molecule has 14 heavy (non-hydrogen) atoms. The molecule has 0 unspecified atom stereocenters. The van der Waals surface area contributed by atoms with Gasteiger partial charge >= 0.3 is 0 Å². The number of aryl methyl sites for hydroxylation is 1. The Kier molecular flexibility index (Phi) is 2.24. The van der Waals surface area contributed by atoms with Gasteiger partial charge in [-0.25, -0.2) is 0 Å². The van der Waals surface area contributed by atoms with Crippen LogP contribution in [0.15, 0.2) is 30.4 Å². The van der Waals surface area contributed by atoms with E-state index < -0.39 is 0 Å². The Labute approximate surface area is 84.1 Å². The first-order valence-electron chi connectivity index (χ1n) is 4.72. The zero-order valence-electron chi connectivity index (χ0n) is 8.20. The monoisotopic (exact) mass is 184 g/mol. The van der Waals surface area contributed by atoms with Crippen molar-refractivity contribution in [2.75, 3.05) is 18.0 Å². The third kappa shape index (κ3) is 1.38. The summed E-state index contributed by atoms with van der Waals surface area (Å²) >= 11 is 0. The van der Waals surface area contributed by atoms with E-state index in [1.54, 1.807) is 0 Å². The van der Waals surface area contributed by atoms with Crippen LogP contribution in [0.2, 0.25) is 0 Å². The van der Waals surface area contributed by atoms with Gasteiger partial charge in [-0.2, -0.15) is 5.26 Å². The molecule has 0 atom stereocenters. The van der Waals surface area contributed by atoms with E-state index in [1.165, 1.54) is 0 Å². The van der Waals surface area contributed by atoms with Crippen molar-refractivity contribution < 1.29 is 0 Å². The van der Waals surface area contributed by atoms with Gasteiger partial charge < -0.3 is 4.90 Å². The molecule has 1 aliphatic heterocycles. The highest BCUT2D eigenvalue weighted by Gasteiger charge is 2.12. The summed E-state index contributed by atoms with van der Waals surface area (Å²) in [7, 11) is 0. The van der Waals surface area contributed by atoms with Crippen LogP contribution in [-0.4, -0.2) is 13.1 Å². The van der Waals surface area contributed by atoms with Crippen LogP contribution in [0.5, 0.6) is 0 Å². The minimum absolute atomic E-state index is 0.802. The minimum Gasteiger partial charge on any atom is -0.363 e. The number of benzene rings is 1. The molecule has 0 spiro atoms. The van der Waals surface area contributed by atoms with Gasteiger partial charge in [0, 0.05) is 13.1 Å². The quantitative estimate of drug-likeness (QED) is 0.626. The van der Waals surface area contributed by atoms with Crippen LogP contribution in [0, 0.1) is 18.3 Å². The predicted molar refractivity (Wildman–Crippen MR) is 57.2 cm³/mol. The van der Waals surface area contributed by atoms with E-state index in [0.29, 0.717) is 0 Å². The fraction of sp³-hybridized carbons (Fsp3) is 0.250. The molecule has 1 aromatic rings. The lowest BCUT2D eigenvalue weighted by atomic mass is 10.1. The van der Waals surface area contributed by atoms with Gasteiger partial charge in [-0.1, -0.05) is 24.3 Å². The van der Waals surface area contributed by atoms with Gasteiger partial charge in [0.25, 0.3) is 0 Å². The van der Waals surface area contributed by atoms with Crippen LogP contribution >= 0.6 is 0 Å². The summed E-state index contributed by atoms with van der Waals surface area (Å²) in [5.41, 5.74) is 2.91. The Balaban J connectivity index is 2.43. The van der Waals surface area contributed by atoms with Crippen LogP contribution in [0.3, 0.4) is 0 Å². The predicted octanol–water partition coefficient (Wildman–Crippen LogP) is 2.24. The van der Waals surface area contributed by atoms with Gasteiger partial charge in [-0.15, -0.1) is 0 Å². The van der Waals surface area contributed by atoms with E-state index in [1.807, 2.05) is 25.1 Å². The molecule has 0 aliphatic carbocycles. The van der Waals surface area contributed by atoms with Crippen LogP contribution < -0.4 is 4.90 Å².